The summed E-state index contributed by atoms with van der Waals surface area (Å²) in [5.74, 6) is -0.462. The molecule has 1 aliphatic heterocycles. The second-order valence-corrected chi connectivity index (χ2v) is 7.52. The van der Waals surface area contributed by atoms with E-state index in [1.165, 1.54) is 28.6 Å². The Hall–Kier alpha value is -1.71. The van der Waals surface area contributed by atoms with E-state index in [2.05, 4.69) is 5.32 Å². The van der Waals surface area contributed by atoms with Crippen molar-refractivity contribution in [2.45, 2.75) is 11.8 Å². The third-order valence-electron chi connectivity index (χ3n) is 3.74. The quantitative estimate of drug-likeness (QED) is 0.616. The average Bonchev–Trinajstić information content (AvgIpc) is 2.61. The Morgan fingerprint density at radius 1 is 1.21 bits per heavy atom. The summed E-state index contributed by atoms with van der Waals surface area (Å²) in [4.78, 5) is 13.7. The molecule has 1 fully saturated rings. The molecule has 0 saturated carbocycles. The summed E-state index contributed by atoms with van der Waals surface area (Å²) < 4.78 is 31.7. The molecule has 0 bridgehead atoms. The molecule has 7 nitrogen and oxygen atoms in total. The van der Waals surface area contributed by atoms with Crippen molar-refractivity contribution in [3.8, 4) is 0 Å². The standard InChI is InChI=1S/C15H21N3O4S2/c1-3-22-14(19)12-4-6-13(7-5-12)24(20,21)18-10-8-17(9-11-18)15(23)16-2/h4-7H,3,8-11H2,1-2H3,(H,16,23). The molecule has 132 valence electrons. The van der Waals surface area contributed by atoms with Gasteiger partial charge in [-0.05, 0) is 43.4 Å². The summed E-state index contributed by atoms with van der Waals surface area (Å²) in [6.07, 6.45) is 0. The average molecular weight is 371 g/mol. The van der Waals surface area contributed by atoms with Gasteiger partial charge in [0, 0.05) is 33.2 Å². The second-order valence-electron chi connectivity index (χ2n) is 5.19. The van der Waals surface area contributed by atoms with Gasteiger partial charge in [-0.2, -0.15) is 4.31 Å². The predicted molar refractivity (Wildman–Crippen MR) is 94.4 cm³/mol. The molecule has 0 spiro atoms. The lowest BCUT2D eigenvalue weighted by Crippen LogP contribution is -2.52. The van der Waals surface area contributed by atoms with Crippen molar-refractivity contribution < 1.29 is 17.9 Å². The molecule has 1 aliphatic rings. The maximum absolute atomic E-state index is 12.7. The fourth-order valence-corrected chi connectivity index (χ4v) is 4.02. The number of benzene rings is 1. The zero-order chi connectivity index (χ0) is 17.7. The highest BCUT2D eigenvalue weighted by molar-refractivity contribution is 7.89. The van der Waals surface area contributed by atoms with Crippen LogP contribution in [0.3, 0.4) is 0 Å². The van der Waals surface area contributed by atoms with E-state index in [9.17, 15) is 13.2 Å². The Morgan fingerprint density at radius 2 is 1.79 bits per heavy atom. The Kier molecular flexibility index (Phi) is 6.14. The van der Waals surface area contributed by atoms with Gasteiger partial charge in [-0.3, -0.25) is 0 Å². The van der Waals surface area contributed by atoms with E-state index in [0.29, 0.717) is 36.9 Å². The SMILES string of the molecule is CCOC(=O)c1ccc(S(=O)(=O)N2CCN(C(=S)NC)CC2)cc1. The number of ether oxygens (including phenoxy) is 1. The van der Waals surface area contributed by atoms with Crippen LogP contribution >= 0.6 is 12.2 Å². The van der Waals surface area contributed by atoms with E-state index in [-0.39, 0.29) is 11.5 Å². The van der Waals surface area contributed by atoms with E-state index < -0.39 is 16.0 Å². The van der Waals surface area contributed by atoms with Crippen LogP contribution in [0.15, 0.2) is 29.2 Å². The molecule has 1 N–H and O–H groups in total. The van der Waals surface area contributed by atoms with Gasteiger partial charge in [-0.15, -0.1) is 0 Å². The molecule has 0 aromatic heterocycles. The lowest BCUT2D eigenvalue weighted by Gasteiger charge is -2.35. The zero-order valence-electron chi connectivity index (χ0n) is 13.7. The number of hydrogen-bond acceptors (Lipinski definition) is 5. The topological polar surface area (TPSA) is 79.0 Å². The number of rotatable bonds is 4. The molecule has 1 aromatic rings. The summed E-state index contributed by atoms with van der Waals surface area (Å²) in [5, 5.41) is 3.51. The van der Waals surface area contributed by atoms with Gasteiger partial charge in [0.05, 0.1) is 17.1 Å². The molecule has 9 heteroatoms. The number of esters is 1. The number of piperazine rings is 1. The maximum Gasteiger partial charge on any atom is 0.338 e. The Balaban J connectivity index is 2.08. The lowest BCUT2D eigenvalue weighted by molar-refractivity contribution is 0.0526. The second kappa shape index (κ2) is 7.91. The highest BCUT2D eigenvalue weighted by Gasteiger charge is 2.29. The van der Waals surface area contributed by atoms with Crippen molar-refractivity contribution in [3.05, 3.63) is 29.8 Å². The Labute approximate surface area is 147 Å². The summed E-state index contributed by atoms with van der Waals surface area (Å²) in [6, 6.07) is 5.81. The van der Waals surface area contributed by atoms with Gasteiger partial charge in [0.15, 0.2) is 5.11 Å². The first kappa shape index (κ1) is 18.6. The van der Waals surface area contributed by atoms with Crippen LogP contribution in [0.5, 0.6) is 0 Å². The third kappa shape index (κ3) is 4.03. The van der Waals surface area contributed by atoms with Crippen LogP contribution in [0.1, 0.15) is 17.3 Å². The highest BCUT2D eigenvalue weighted by Crippen LogP contribution is 2.18. The zero-order valence-corrected chi connectivity index (χ0v) is 15.3. The number of thiocarbonyl (C=S) groups is 1. The number of nitrogens with zero attached hydrogens (tertiary/aromatic N) is 2. The van der Waals surface area contributed by atoms with Crippen LogP contribution in [0.4, 0.5) is 0 Å². The highest BCUT2D eigenvalue weighted by atomic mass is 32.2. The number of nitrogens with one attached hydrogen (secondary N) is 1. The number of carbonyl (C=O) groups is 1. The van der Waals surface area contributed by atoms with Gasteiger partial charge in [0.1, 0.15) is 0 Å². The van der Waals surface area contributed by atoms with Gasteiger partial charge < -0.3 is 15.0 Å². The monoisotopic (exact) mass is 371 g/mol. The van der Waals surface area contributed by atoms with Gasteiger partial charge in [0.2, 0.25) is 10.0 Å². The van der Waals surface area contributed by atoms with Gasteiger partial charge >= 0.3 is 5.97 Å². The first-order valence-corrected chi connectivity index (χ1v) is 9.49. The normalized spacial score (nSPS) is 15.8. The number of hydrogen-bond donors (Lipinski definition) is 1. The van der Waals surface area contributed by atoms with Crippen molar-refractivity contribution in [1.29, 1.82) is 0 Å². The van der Waals surface area contributed by atoms with Crippen LogP contribution in [-0.4, -0.2) is 68.5 Å². The smallest absolute Gasteiger partial charge is 0.338 e. The van der Waals surface area contributed by atoms with E-state index in [0.717, 1.165) is 0 Å². The van der Waals surface area contributed by atoms with Crippen LogP contribution in [0.25, 0.3) is 0 Å². The fourth-order valence-electron chi connectivity index (χ4n) is 2.42. The number of carbonyl (C=O) groups excluding carboxylic acids is 1. The first-order chi connectivity index (χ1) is 11.4. The molecule has 24 heavy (non-hydrogen) atoms. The lowest BCUT2D eigenvalue weighted by atomic mass is 10.2. The van der Waals surface area contributed by atoms with Crippen molar-refractivity contribution >= 4 is 33.3 Å². The molecule has 0 unspecified atom stereocenters. The van der Waals surface area contributed by atoms with Crippen LogP contribution in [0, 0.1) is 0 Å². The van der Waals surface area contributed by atoms with E-state index in [1.807, 2.05) is 4.90 Å². The van der Waals surface area contributed by atoms with E-state index >= 15 is 0 Å². The van der Waals surface area contributed by atoms with Crippen LogP contribution < -0.4 is 5.32 Å². The third-order valence-corrected chi connectivity index (χ3v) is 6.12. The van der Waals surface area contributed by atoms with Gasteiger partial charge in [0.25, 0.3) is 0 Å². The Morgan fingerprint density at radius 3 is 2.29 bits per heavy atom. The molecule has 0 atom stereocenters. The molecular weight excluding hydrogens is 350 g/mol. The largest absolute Gasteiger partial charge is 0.462 e. The minimum Gasteiger partial charge on any atom is -0.462 e. The summed E-state index contributed by atoms with van der Waals surface area (Å²) in [6.45, 7) is 3.81. The predicted octanol–water partition coefficient (Wildman–Crippen LogP) is 0.674. The molecule has 1 saturated heterocycles. The Bertz CT molecular complexity index is 696. The number of sulfonamides is 1. The molecular formula is C15H21N3O4S2. The minimum absolute atomic E-state index is 0.167. The summed E-state index contributed by atoms with van der Waals surface area (Å²) in [7, 11) is -1.84. The van der Waals surface area contributed by atoms with Crippen molar-refractivity contribution in [2.24, 2.45) is 0 Å². The minimum atomic E-state index is -3.58. The van der Waals surface area contributed by atoms with Crippen molar-refractivity contribution in [3.63, 3.8) is 0 Å². The fraction of sp³-hybridized carbons (Fsp3) is 0.467. The van der Waals surface area contributed by atoms with Crippen molar-refractivity contribution in [2.75, 3.05) is 39.8 Å². The van der Waals surface area contributed by atoms with Gasteiger partial charge in [-0.25, -0.2) is 13.2 Å². The maximum atomic E-state index is 12.7. The van der Waals surface area contributed by atoms with Crippen LogP contribution in [-0.2, 0) is 14.8 Å². The molecule has 1 aromatic carbocycles. The molecule has 1 heterocycles. The van der Waals surface area contributed by atoms with E-state index in [4.69, 9.17) is 17.0 Å². The molecule has 0 aliphatic carbocycles. The summed E-state index contributed by atoms with van der Waals surface area (Å²) >= 11 is 5.16. The summed E-state index contributed by atoms with van der Waals surface area (Å²) in [5.41, 5.74) is 0.333. The molecule has 2 rings (SSSR count). The van der Waals surface area contributed by atoms with Crippen LogP contribution in [0.2, 0.25) is 0 Å². The first-order valence-electron chi connectivity index (χ1n) is 7.64. The molecule has 0 radical (unpaired) electrons. The molecule has 0 amide bonds. The van der Waals surface area contributed by atoms with E-state index in [1.54, 1.807) is 14.0 Å². The van der Waals surface area contributed by atoms with Gasteiger partial charge in [-0.1, -0.05) is 0 Å². The van der Waals surface area contributed by atoms with Crippen molar-refractivity contribution in [1.82, 2.24) is 14.5 Å².